The van der Waals surface area contributed by atoms with Crippen LogP contribution < -0.4 is 10.2 Å². The fourth-order valence-corrected chi connectivity index (χ4v) is 3.54. The minimum atomic E-state index is -0.838. The van der Waals surface area contributed by atoms with Crippen LogP contribution in [-0.4, -0.2) is 42.0 Å². The Morgan fingerprint density at radius 1 is 1.12 bits per heavy atom. The van der Waals surface area contributed by atoms with E-state index in [1.165, 1.54) is 7.11 Å². The quantitative estimate of drug-likeness (QED) is 0.491. The van der Waals surface area contributed by atoms with Crippen LogP contribution in [0.15, 0.2) is 67.0 Å². The van der Waals surface area contributed by atoms with Gasteiger partial charge in [0.15, 0.2) is 0 Å². The molecule has 0 saturated carbocycles. The van der Waals surface area contributed by atoms with Gasteiger partial charge in [-0.05, 0) is 48.7 Å². The SMILES string of the molecule is COC(=O)C(C/C=C/c1ccc(N(C)c2ncccn2)cc1)NC(=O)c1c(C)cccc1Cl. The van der Waals surface area contributed by atoms with Crippen LogP contribution in [-0.2, 0) is 9.53 Å². The highest BCUT2D eigenvalue weighted by molar-refractivity contribution is 6.34. The summed E-state index contributed by atoms with van der Waals surface area (Å²) in [5.74, 6) is -0.346. The zero-order valence-electron chi connectivity index (χ0n) is 18.7. The van der Waals surface area contributed by atoms with Crippen LogP contribution >= 0.6 is 11.6 Å². The van der Waals surface area contributed by atoms with Gasteiger partial charge in [-0.15, -0.1) is 0 Å². The highest BCUT2D eigenvalue weighted by atomic mass is 35.5. The van der Waals surface area contributed by atoms with Gasteiger partial charge in [0.2, 0.25) is 5.95 Å². The van der Waals surface area contributed by atoms with Crippen LogP contribution in [0.1, 0.15) is 27.9 Å². The fraction of sp³-hybridized carbons (Fsp3) is 0.200. The number of benzene rings is 2. The molecule has 1 N–H and O–H groups in total. The Kier molecular flexibility index (Phi) is 8.16. The lowest BCUT2D eigenvalue weighted by Gasteiger charge is -2.17. The van der Waals surface area contributed by atoms with Crippen LogP contribution in [0.5, 0.6) is 0 Å². The number of ether oxygens (including phenoxy) is 1. The molecule has 8 heteroatoms. The molecule has 0 bridgehead atoms. The third-order valence-electron chi connectivity index (χ3n) is 5.05. The number of halogens is 1. The number of aromatic nitrogens is 2. The van der Waals surface area contributed by atoms with E-state index < -0.39 is 17.9 Å². The van der Waals surface area contributed by atoms with Crippen LogP contribution in [0.4, 0.5) is 11.6 Å². The molecule has 7 nitrogen and oxygen atoms in total. The number of hydrogen-bond acceptors (Lipinski definition) is 6. The van der Waals surface area contributed by atoms with Gasteiger partial charge in [0.05, 0.1) is 17.7 Å². The van der Waals surface area contributed by atoms with Crippen molar-refractivity contribution in [3.8, 4) is 0 Å². The van der Waals surface area contributed by atoms with Crippen LogP contribution in [0.2, 0.25) is 5.02 Å². The van der Waals surface area contributed by atoms with Crippen molar-refractivity contribution >= 4 is 41.2 Å². The molecule has 1 heterocycles. The number of hydrogen-bond donors (Lipinski definition) is 1. The molecule has 0 spiro atoms. The van der Waals surface area contributed by atoms with E-state index in [0.717, 1.165) is 16.8 Å². The van der Waals surface area contributed by atoms with E-state index in [1.54, 1.807) is 43.6 Å². The van der Waals surface area contributed by atoms with Crippen molar-refractivity contribution in [2.45, 2.75) is 19.4 Å². The lowest BCUT2D eigenvalue weighted by Crippen LogP contribution is -2.41. The Hall–Kier alpha value is -3.71. The lowest BCUT2D eigenvalue weighted by atomic mass is 10.1. The van der Waals surface area contributed by atoms with Crippen molar-refractivity contribution in [1.29, 1.82) is 0 Å². The summed E-state index contributed by atoms with van der Waals surface area (Å²) in [4.78, 5) is 35.3. The second kappa shape index (κ2) is 11.2. The molecule has 0 aliphatic rings. The maximum atomic E-state index is 12.7. The molecule has 0 radical (unpaired) electrons. The molecule has 1 atom stereocenters. The number of carbonyl (C=O) groups is 2. The van der Waals surface area contributed by atoms with E-state index in [1.807, 2.05) is 48.4 Å². The second-order valence-corrected chi connectivity index (χ2v) is 7.73. The Bertz CT molecular complexity index is 1110. The highest BCUT2D eigenvalue weighted by Crippen LogP contribution is 2.21. The number of methoxy groups -OCH3 is 1. The second-order valence-electron chi connectivity index (χ2n) is 7.32. The van der Waals surface area contributed by atoms with Gasteiger partial charge in [-0.1, -0.05) is 48.0 Å². The number of nitrogens with one attached hydrogen (secondary N) is 1. The van der Waals surface area contributed by atoms with Gasteiger partial charge >= 0.3 is 5.97 Å². The molecular formula is C25H25ClN4O3. The molecule has 0 aliphatic heterocycles. The first-order valence-corrected chi connectivity index (χ1v) is 10.7. The first kappa shape index (κ1) is 23.9. The number of amides is 1. The molecule has 0 aliphatic carbocycles. The number of nitrogens with zero attached hydrogens (tertiary/aromatic N) is 3. The molecule has 3 aromatic rings. The third-order valence-corrected chi connectivity index (χ3v) is 5.37. The molecule has 1 amide bonds. The van der Waals surface area contributed by atoms with E-state index in [9.17, 15) is 9.59 Å². The van der Waals surface area contributed by atoms with Crippen molar-refractivity contribution < 1.29 is 14.3 Å². The van der Waals surface area contributed by atoms with Gasteiger partial charge in [0.1, 0.15) is 6.04 Å². The predicted molar refractivity (Wildman–Crippen MR) is 130 cm³/mol. The molecule has 33 heavy (non-hydrogen) atoms. The van der Waals surface area contributed by atoms with E-state index in [4.69, 9.17) is 16.3 Å². The molecular weight excluding hydrogens is 440 g/mol. The Labute approximate surface area is 198 Å². The maximum Gasteiger partial charge on any atom is 0.328 e. The summed E-state index contributed by atoms with van der Waals surface area (Å²) in [5.41, 5.74) is 2.95. The smallest absolute Gasteiger partial charge is 0.328 e. The van der Waals surface area contributed by atoms with Crippen LogP contribution in [0.25, 0.3) is 6.08 Å². The fourth-order valence-electron chi connectivity index (χ4n) is 3.24. The Morgan fingerprint density at radius 2 is 1.82 bits per heavy atom. The normalized spacial score (nSPS) is 11.8. The predicted octanol–water partition coefficient (Wildman–Crippen LogP) is 4.58. The highest BCUT2D eigenvalue weighted by Gasteiger charge is 2.23. The van der Waals surface area contributed by atoms with Gasteiger partial charge < -0.3 is 15.0 Å². The van der Waals surface area contributed by atoms with Gasteiger partial charge in [0, 0.05) is 25.1 Å². The molecule has 2 aromatic carbocycles. The number of esters is 1. The monoisotopic (exact) mass is 464 g/mol. The van der Waals surface area contributed by atoms with Crippen molar-refractivity contribution in [3.63, 3.8) is 0 Å². The zero-order chi connectivity index (χ0) is 23.8. The number of anilines is 2. The summed E-state index contributed by atoms with van der Waals surface area (Å²) < 4.78 is 4.86. The van der Waals surface area contributed by atoms with E-state index in [0.29, 0.717) is 16.5 Å². The third kappa shape index (κ3) is 6.17. The van der Waals surface area contributed by atoms with Crippen molar-refractivity contribution in [2.75, 3.05) is 19.1 Å². The van der Waals surface area contributed by atoms with Gasteiger partial charge in [0.25, 0.3) is 5.91 Å². The summed E-state index contributed by atoms with van der Waals surface area (Å²) in [6.45, 7) is 1.79. The number of carbonyl (C=O) groups excluding carboxylic acids is 2. The molecule has 1 unspecified atom stereocenters. The topological polar surface area (TPSA) is 84.4 Å². The summed E-state index contributed by atoms with van der Waals surface area (Å²) in [5, 5.41) is 3.06. The van der Waals surface area contributed by atoms with E-state index in [2.05, 4.69) is 15.3 Å². The van der Waals surface area contributed by atoms with Gasteiger partial charge in [-0.25, -0.2) is 14.8 Å². The molecule has 0 fully saturated rings. The first-order valence-electron chi connectivity index (χ1n) is 10.3. The Morgan fingerprint density at radius 3 is 2.45 bits per heavy atom. The summed E-state index contributed by atoms with van der Waals surface area (Å²) >= 11 is 6.18. The van der Waals surface area contributed by atoms with Crippen LogP contribution in [0.3, 0.4) is 0 Å². The summed E-state index contributed by atoms with van der Waals surface area (Å²) in [6.07, 6.45) is 7.35. The first-order chi connectivity index (χ1) is 15.9. The summed E-state index contributed by atoms with van der Waals surface area (Å²) in [6, 6.07) is 13.9. The van der Waals surface area contributed by atoms with Gasteiger partial charge in [-0.2, -0.15) is 0 Å². The number of aryl methyl sites for hydroxylation is 1. The maximum absolute atomic E-state index is 12.7. The van der Waals surface area contributed by atoms with Crippen molar-refractivity contribution in [1.82, 2.24) is 15.3 Å². The van der Waals surface area contributed by atoms with Crippen LogP contribution in [0, 0.1) is 6.92 Å². The van der Waals surface area contributed by atoms with E-state index >= 15 is 0 Å². The molecule has 170 valence electrons. The Balaban J connectivity index is 1.66. The van der Waals surface area contributed by atoms with E-state index in [-0.39, 0.29) is 6.42 Å². The van der Waals surface area contributed by atoms with Crippen molar-refractivity contribution in [3.05, 3.63) is 88.7 Å². The standard InChI is InChI=1S/C25H25ClN4O3/c1-17-7-4-9-20(26)22(17)23(31)29-21(24(32)33-3)10-5-8-18-11-13-19(14-12-18)30(2)25-27-15-6-16-28-25/h4-9,11-16,21H,10H2,1-3H3,(H,29,31)/b8-5+. The average molecular weight is 465 g/mol. The summed E-state index contributed by atoms with van der Waals surface area (Å²) in [7, 11) is 3.18. The van der Waals surface area contributed by atoms with Crippen molar-refractivity contribution in [2.24, 2.45) is 0 Å². The lowest BCUT2D eigenvalue weighted by molar-refractivity contribution is -0.142. The molecule has 1 aromatic heterocycles. The minimum Gasteiger partial charge on any atom is -0.467 e. The minimum absolute atomic E-state index is 0.265. The molecule has 0 saturated heterocycles. The zero-order valence-corrected chi connectivity index (χ0v) is 19.4. The van der Waals surface area contributed by atoms with Gasteiger partial charge in [-0.3, -0.25) is 4.79 Å². The number of rotatable bonds is 8. The molecule has 3 rings (SSSR count). The largest absolute Gasteiger partial charge is 0.467 e. The average Bonchev–Trinajstić information content (AvgIpc) is 2.83.